The van der Waals surface area contributed by atoms with Gasteiger partial charge < -0.3 is 10.1 Å². The summed E-state index contributed by atoms with van der Waals surface area (Å²) in [6.45, 7) is 0.834. The number of aromatic nitrogens is 1. The van der Waals surface area contributed by atoms with E-state index in [1.54, 1.807) is 12.3 Å². The molecule has 22 heavy (non-hydrogen) atoms. The lowest BCUT2D eigenvalue weighted by Crippen LogP contribution is -2.63. The highest BCUT2D eigenvalue weighted by atomic mass is 35.5. The number of ether oxygens (including phenoxy) is 1. The molecule has 1 aromatic heterocycles. The smallest absolute Gasteiger partial charge is 0.253 e. The molecular formula is C17H21ClN2O2. The molecule has 5 heteroatoms. The summed E-state index contributed by atoms with van der Waals surface area (Å²) in [7, 11) is 0. The highest BCUT2D eigenvalue weighted by Crippen LogP contribution is 2.51. The van der Waals surface area contributed by atoms with E-state index in [9.17, 15) is 4.79 Å². The van der Waals surface area contributed by atoms with E-state index >= 15 is 0 Å². The molecule has 1 amide bonds. The maximum absolute atomic E-state index is 12.6. The molecule has 2 saturated carbocycles. The molecule has 4 unspecified atom stereocenters. The summed E-state index contributed by atoms with van der Waals surface area (Å²) in [6, 6.07) is 1.93. The Morgan fingerprint density at radius 2 is 2.14 bits per heavy atom. The zero-order valence-electron chi connectivity index (χ0n) is 12.5. The van der Waals surface area contributed by atoms with Gasteiger partial charge in [-0.2, -0.15) is 0 Å². The topological polar surface area (TPSA) is 51.2 Å². The fourth-order valence-electron chi connectivity index (χ4n) is 4.65. The summed E-state index contributed by atoms with van der Waals surface area (Å²) in [5.74, 6) is 1.60. The van der Waals surface area contributed by atoms with Crippen molar-refractivity contribution < 1.29 is 9.53 Å². The highest BCUT2D eigenvalue weighted by molar-refractivity contribution is 6.33. The summed E-state index contributed by atoms with van der Waals surface area (Å²) in [5, 5.41) is 3.65. The van der Waals surface area contributed by atoms with E-state index in [4.69, 9.17) is 16.3 Å². The van der Waals surface area contributed by atoms with Crippen molar-refractivity contribution >= 4 is 17.5 Å². The van der Waals surface area contributed by atoms with E-state index in [0.717, 1.165) is 13.0 Å². The summed E-state index contributed by atoms with van der Waals surface area (Å²) < 4.78 is 5.93. The Morgan fingerprint density at radius 3 is 2.91 bits per heavy atom. The van der Waals surface area contributed by atoms with Crippen molar-refractivity contribution in [1.29, 1.82) is 0 Å². The second-order valence-electron chi connectivity index (χ2n) is 6.76. The lowest BCUT2D eigenvalue weighted by atomic mass is 9.61. The van der Waals surface area contributed by atoms with Crippen molar-refractivity contribution in [2.24, 2.45) is 17.8 Å². The molecule has 1 aromatic rings. The van der Waals surface area contributed by atoms with Gasteiger partial charge in [-0.25, -0.2) is 0 Å². The molecule has 4 rings (SSSR count). The van der Waals surface area contributed by atoms with Crippen molar-refractivity contribution in [2.45, 2.75) is 44.2 Å². The van der Waals surface area contributed by atoms with E-state index in [1.165, 1.54) is 31.9 Å². The second kappa shape index (κ2) is 5.82. The second-order valence-corrected chi connectivity index (χ2v) is 7.17. The van der Waals surface area contributed by atoms with Crippen molar-refractivity contribution in [2.75, 3.05) is 6.61 Å². The molecule has 0 spiro atoms. The van der Waals surface area contributed by atoms with Gasteiger partial charge >= 0.3 is 0 Å². The number of nitrogens with zero attached hydrogens (tertiary/aromatic N) is 1. The van der Waals surface area contributed by atoms with Gasteiger partial charge in [0.25, 0.3) is 5.91 Å². The standard InChI is InChI=1S/C17H21ClN2O2/c18-13-9-19-7-5-11(13)17(21)20-15-12-6-8-22-16(12)14(15)10-3-1-2-4-10/h5,7,9-10,12,14-16H,1-4,6,8H2,(H,20,21). The molecule has 1 aliphatic heterocycles. The minimum atomic E-state index is -0.0780. The first kappa shape index (κ1) is 14.5. The first-order chi connectivity index (χ1) is 10.8. The molecule has 0 aromatic carbocycles. The number of hydrogen-bond donors (Lipinski definition) is 1. The van der Waals surface area contributed by atoms with E-state index in [2.05, 4.69) is 10.3 Å². The molecule has 4 nitrogen and oxygen atoms in total. The average Bonchev–Trinajstić information content (AvgIpc) is 3.16. The van der Waals surface area contributed by atoms with Crippen LogP contribution in [0.1, 0.15) is 42.5 Å². The molecule has 2 aliphatic carbocycles. The van der Waals surface area contributed by atoms with Crippen LogP contribution in [0.5, 0.6) is 0 Å². The molecule has 1 N–H and O–H groups in total. The number of fused-ring (bicyclic) bond motifs is 1. The summed E-state index contributed by atoms with van der Waals surface area (Å²) in [6.07, 6.45) is 9.74. The van der Waals surface area contributed by atoms with Crippen LogP contribution in [0.15, 0.2) is 18.5 Å². The lowest BCUT2D eigenvalue weighted by molar-refractivity contribution is -0.0784. The van der Waals surface area contributed by atoms with Gasteiger partial charge in [0.05, 0.1) is 16.7 Å². The molecular weight excluding hydrogens is 300 g/mol. The van der Waals surface area contributed by atoms with Gasteiger partial charge in [-0.1, -0.05) is 37.3 Å². The van der Waals surface area contributed by atoms with Gasteiger partial charge in [0.2, 0.25) is 0 Å². The van der Waals surface area contributed by atoms with Crippen LogP contribution in [0.25, 0.3) is 0 Å². The van der Waals surface area contributed by atoms with Crippen LogP contribution in [0.3, 0.4) is 0 Å². The number of nitrogens with one attached hydrogen (secondary N) is 1. The van der Waals surface area contributed by atoms with Crippen LogP contribution >= 0.6 is 11.6 Å². The van der Waals surface area contributed by atoms with E-state index in [1.807, 2.05) is 0 Å². The Labute approximate surface area is 135 Å². The minimum Gasteiger partial charge on any atom is -0.377 e. The van der Waals surface area contributed by atoms with Crippen LogP contribution in [-0.4, -0.2) is 29.6 Å². The Kier molecular flexibility index (Phi) is 3.82. The number of halogens is 1. The lowest BCUT2D eigenvalue weighted by Gasteiger charge is -2.50. The number of amides is 1. The maximum Gasteiger partial charge on any atom is 0.253 e. The quantitative estimate of drug-likeness (QED) is 0.931. The van der Waals surface area contributed by atoms with Crippen molar-refractivity contribution in [1.82, 2.24) is 10.3 Å². The maximum atomic E-state index is 12.6. The fourth-order valence-corrected chi connectivity index (χ4v) is 4.85. The number of rotatable bonds is 3. The Balaban J connectivity index is 1.50. The van der Waals surface area contributed by atoms with Crippen LogP contribution in [0, 0.1) is 17.8 Å². The molecule has 3 aliphatic rings. The van der Waals surface area contributed by atoms with Crippen molar-refractivity contribution in [3.05, 3.63) is 29.0 Å². The largest absolute Gasteiger partial charge is 0.377 e. The zero-order valence-corrected chi connectivity index (χ0v) is 13.3. The molecule has 2 heterocycles. The SMILES string of the molecule is O=C(NC1C2CCOC2C1C1CCCC1)c1ccncc1Cl. The van der Waals surface area contributed by atoms with E-state index in [0.29, 0.717) is 34.4 Å². The van der Waals surface area contributed by atoms with Crippen molar-refractivity contribution in [3.8, 4) is 0 Å². The van der Waals surface area contributed by atoms with Crippen LogP contribution in [-0.2, 0) is 4.74 Å². The van der Waals surface area contributed by atoms with Gasteiger partial charge in [-0.05, 0) is 18.4 Å². The first-order valence-corrected chi connectivity index (χ1v) is 8.65. The van der Waals surface area contributed by atoms with Gasteiger partial charge in [0.15, 0.2) is 0 Å². The van der Waals surface area contributed by atoms with Crippen LogP contribution in [0.4, 0.5) is 0 Å². The molecule has 1 saturated heterocycles. The van der Waals surface area contributed by atoms with Gasteiger partial charge in [0.1, 0.15) is 0 Å². The zero-order chi connectivity index (χ0) is 15.1. The fraction of sp³-hybridized carbons (Fsp3) is 0.647. The number of carbonyl (C=O) groups excluding carboxylic acids is 1. The third-order valence-electron chi connectivity index (χ3n) is 5.70. The van der Waals surface area contributed by atoms with Gasteiger partial charge in [-0.15, -0.1) is 0 Å². The number of hydrogen-bond acceptors (Lipinski definition) is 3. The summed E-state index contributed by atoms with van der Waals surface area (Å²) in [4.78, 5) is 16.5. The molecule has 4 atom stereocenters. The van der Waals surface area contributed by atoms with Crippen molar-refractivity contribution in [3.63, 3.8) is 0 Å². The van der Waals surface area contributed by atoms with Gasteiger partial charge in [-0.3, -0.25) is 9.78 Å². The normalized spacial score (nSPS) is 34.2. The molecule has 0 radical (unpaired) electrons. The minimum absolute atomic E-state index is 0.0780. The predicted octanol–water partition coefficient (Wildman–Crippen LogP) is 3.06. The molecule has 3 fully saturated rings. The van der Waals surface area contributed by atoms with Gasteiger partial charge in [0, 0.05) is 36.9 Å². The molecule has 118 valence electrons. The summed E-state index contributed by atoms with van der Waals surface area (Å²) >= 11 is 6.09. The Bertz CT molecular complexity index is 569. The highest BCUT2D eigenvalue weighted by Gasteiger charge is 2.57. The Morgan fingerprint density at radius 1 is 1.32 bits per heavy atom. The van der Waals surface area contributed by atoms with Crippen LogP contribution < -0.4 is 5.32 Å². The summed E-state index contributed by atoms with van der Waals surface area (Å²) in [5.41, 5.74) is 0.518. The Hall–Kier alpha value is -1.13. The average molecular weight is 321 g/mol. The van der Waals surface area contributed by atoms with E-state index in [-0.39, 0.29) is 11.9 Å². The number of carbonyl (C=O) groups is 1. The first-order valence-electron chi connectivity index (χ1n) is 8.27. The predicted molar refractivity (Wildman–Crippen MR) is 83.8 cm³/mol. The molecule has 0 bridgehead atoms. The van der Waals surface area contributed by atoms with E-state index < -0.39 is 0 Å². The number of pyridine rings is 1. The third kappa shape index (κ3) is 2.33. The monoisotopic (exact) mass is 320 g/mol. The van der Waals surface area contributed by atoms with Crippen LogP contribution in [0.2, 0.25) is 5.02 Å². The third-order valence-corrected chi connectivity index (χ3v) is 6.00.